The Kier molecular flexibility index (Phi) is 4.16. The number of rotatable bonds is 2. The summed E-state index contributed by atoms with van der Waals surface area (Å²) in [5.41, 5.74) is 1.69. The zero-order valence-electron chi connectivity index (χ0n) is 11.3. The molecule has 2 atom stereocenters. The fourth-order valence-electron chi connectivity index (χ4n) is 2.54. The Morgan fingerprint density at radius 3 is 2.84 bits per heavy atom. The number of hydrogen-bond acceptors (Lipinski definition) is 3. The van der Waals surface area contributed by atoms with Gasteiger partial charge in [0.1, 0.15) is 5.69 Å². The summed E-state index contributed by atoms with van der Waals surface area (Å²) in [6.45, 7) is 5.82. The summed E-state index contributed by atoms with van der Waals surface area (Å²) in [4.78, 5) is 14.4. The summed E-state index contributed by atoms with van der Waals surface area (Å²) < 4.78 is 0. The Hall–Kier alpha value is -1.07. The van der Waals surface area contributed by atoms with Crippen molar-refractivity contribution in [2.45, 2.75) is 44.7 Å². The number of H-pyrrole nitrogens is 1. The molecule has 1 saturated heterocycles. The van der Waals surface area contributed by atoms with Gasteiger partial charge < -0.3 is 10.2 Å². The van der Waals surface area contributed by atoms with Gasteiger partial charge in [-0.25, -0.2) is 0 Å². The van der Waals surface area contributed by atoms with Gasteiger partial charge in [0.25, 0.3) is 5.91 Å². The summed E-state index contributed by atoms with van der Waals surface area (Å²) in [6.07, 6.45) is 2.44. The Morgan fingerprint density at radius 1 is 1.42 bits per heavy atom. The number of carbonyl (C=O) groups is 1. The van der Waals surface area contributed by atoms with Crippen molar-refractivity contribution in [1.29, 1.82) is 0 Å². The van der Waals surface area contributed by atoms with E-state index in [-0.39, 0.29) is 24.4 Å². The van der Waals surface area contributed by atoms with Crippen molar-refractivity contribution in [1.82, 2.24) is 20.4 Å². The summed E-state index contributed by atoms with van der Waals surface area (Å²) >= 11 is 0. The van der Waals surface area contributed by atoms with Crippen LogP contribution in [0, 0.1) is 0 Å². The van der Waals surface area contributed by atoms with E-state index < -0.39 is 0 Å². The van der Waals surface area contributed by atoms with Crippen LogP contribution in [-0.4, -0.2) is 46.2 Å². The normalized spacial score (nSPS) is 26.9. The summed E-state index contributed by atoms with van der Waals surface area (Å²) in [5.74, 6) is 0.664. The van der Waals surface area contributed by atoms with Crippen LogP contribution in [0.4, 0.5) is 0 Å². The number of nitrogens with zero attached hydrogens (tertiary/aromatic N) is 2. The second-order valence-electron chi connectivity index (χ2n) is 5.46. The van der Waals surface area contributed by atoms with Gasteiger partial charge in [-0.3, -0.25) is 9.89 Å². The highest BCUT2D eigenvalue weighted by atomic mass is 35.5. The van der Waals surface area contributed by atoms with E-state index in [1.807, 2.05) is 11.0 Å². The number of aromatic amines is 1. The molecule has 1 aromatic rings. The summed E-state index contributed by atoms with van der Waals surface area (Å²) in [5, 5.41) is 10.6. The average molecular weight is 285 g/mol. The quantitative estimate of drug-likeness (QED) is 0.866. The molecule has 0 aromatic carbocycles. The van der Waals surface area contributed by atoms with Crippen LogP contribution >= 0.6 is 12.4 Å². The lowest BCUT2D eigenvalue weighted by Gasteiger charge is -2.38. The van der Waals surface area contributed by atoms with Crippen molar-refractivity contribution in [2.75, 3.05) is 13.1 Å². The monoisotopic (exact) mass is 284 g/mol. The maximum Gasteiger partial charge on any atom is 0.274 e. The highest BCUT2D eigenvalue weighted by Crippen LogP contribution is 2.39. The molecule has 2 heterocycles. The van der Waals surface area contributed by atoms with Crippen LogP contribution in [0.3, 0.4) is 0 Å². The van der Waals surface area contributed by atoms with Gasteiger partial charge in [0.05, 0.1) is 0 Å². The van der Waals surface area contributed by atoms with Crippen LogP contribution in [-0.2, 0) is 0 Å². The van der Waals surface area contributed by atoms with Crippen molar-refractivity contribution < 1.29 is 4.79 Å². The molecular formula is C13H21ClN4O. The van der Waals surface area contributed by atoms with Crippen LogP contribution in [0.25, 0.3) is 0 Å². The van der Waals surface area contributed by atoms with Crippen LogP contribution in [0.2, 0.25) is 0 Å². The number of nitrogens with one attached hydrogen (secondary N) is 2. The number of piperazine rings is 1. The van der Waals surface area contributed by atoms with Crippen molar-refractivity contribution in [3.8, 4) is 0 Å². The van der Waals surface area contributed by atoms with Crippen molar-refractivity contribution in [3.63, 3.8) is 0 Å². The second kappa shape index (κ2) is 5.51. The minimum atomic E-state index is 0. The van der Waals surface area contributed by atoms with E-state index in [1.165, 1.54) is 12.8 Å². The Bertz CT molecular complexity index is 457. The van der Waals surface area contributed by atoms with E-state index in [2.05, 4.69) is 29.4 Å². The van der Waals surface area contributed by atoms with Gasteiger partial charge in [-0.1, -0.05) is 0 Å². The minimum absolute atomic E-state index is 0. The molecule has 5 nitrogen and oxygen atoms in total. The number of carbonyl (C=O) groups excluding carboxylic acids is 1. The Balaban J connectivity index is 0.00000133. The number of amides is 1. The van der Waals surface area contributed by atoms with Gasteiger partial charge in [0, 0.05) is 36.8 Å². The molecule has 0 radical (unpaired) electrons. The lowest BCUT2D eigenvalue weighted by atomic mass is 10.1. The van der Waals surface area contributed by atoms with E-state index in [4.69, 9.17) is 0 Å². The fourth-order valence-corrected chi connectivity index (χ4v) is 2.54. The first-order valence-electron chi connectivity index (χ1n) is 6.76. The maximum absolute atomic E-state index is 12.4. The molecule has 2 aliphatic rings. The molecule has 2 unspecified atom stereocenters. The van der Waals surface area contributed by atoms with E-state index in [9.17, 15) is 4.79 Å². The van der Waals surface area contributed by atoms with Crippen LogP contribution in [0.15, 0.2) is 6.07 Å². The zero-order valence-corrected chi connectivity index (χ0v) is 12.2. The summed E-state index contributed by atoms with van der Waals surface area (Å²) in [6, 6.07) is 2.48. The number of aromatic nitrogens is 2. The summed E-state index contributed by atoms with van der Waals surface area (Å²) in [7, 11) is 0. The highest BCUT2D eigenvalue weighted by molar-refractivity contribution is 5.92. The largest absolute Gasteiger partial charge is 0.332 e. The molecule has 1 saturated carbocycles. The fraction of sp³-hybridized carbons (Fsp3) is 0.692. The number of hydrogen-bond donors (Lipinski definition) is 2. The molecule has 106 valence electrons. The molecular weight excluding hydrogens is 264 g/mol. The van der Waals surface area contributed by atoms with Crippen molar-refractivity contribution in [2.24, 2.45) is 0 Å². The van der Waals surface area contributed by atoms with Gasteiger partial charge in [-0.05, 0) is 32.8 Å². The molecule has 1 aromatic heterocycles. The second-order valence-corrected chi connectivity index (χ2v) is 5.46. The first-order chi connectivity index (χ1) is 8.66. The van der Waals surface area contributed by atoms with E-state index in [0.29, 0.717) is 17.7 Å². The molecule has 2 fully saturated rings. The third-order valence-electron chi connectivity index (χ3n) is 4.13. The molecule has 1 amide bonds. The first-order valence-corrected chi connectivity index (χ1v) is 6.76. The molecule has 3 rings (SSSR count). The molecule has 0 bridgehead atoms. The van der Waals surface area contributed by atoms with Gasteiger partial charge in [0.15, 0.2) is 0 Å². The zero-order chi connectivity index (χ0) is 12.7. The Labute approximate surface area is 119 Å². The average Bonchev–Trinajstić information content (AvgIpc) is 3.10. The third-order valence-corrected chi connectivity index (χ3v) is 4.13. The van der Waals surface area contributed by atoms with Crippen molar-refractivity contribution >= 4 is 18.3 Å². The highest BCUT2D eigenvalue weighted by Gasteiger charge is 2.31. The van der Waals surface area contributed by atoms with Gasteiger partial charge >= 0.3 is 0 Å². The van der Waals surface area contributed by atoms with Gasteiger partial charge in [-0.15, -0.1) is 12.4 Å². The lowest BCUT2D eigenvalue weighted by molar-refractivity contribution is 0.0597. The molecule has 1 aliphatic carbocycles. The van der Waals surface area contributed by atoms with Crippen LogP contribution in [0.5, 0.6) is 0 Å². The Morgan fingerprint density at radius 2 is 2.16 bits per heavy atom. The molecule has 1 aliphatic heterocycles. The first kappa shape index (κ1) is 14.3. The standard InChI is InChI=1S/C13H20N4O.ClH/c1-8-9(2)17(6-5-14-8)13(18)12-7-11(15-16-12)10-3-4-10;/h7-10,14H,3-6H2,1-2H3,(H,15,16);1H. The van der Waals surface area contributed by atoms with Crippen molar-refractivity contribution in [3.05, 3.63) is 17.5 Å². The van der Waals surface area contributed by atoms with E-state index in [0.717, 1.165) is 18.8 Å². The third kappa shape index (κ3) is 2.77. The maximum atomic E-state index is 12.4. The smallest absolute Gasteiger partial charge is 0.274 e. The van der Waals surface area contributed by atoms with Crippen LogP contribution < -0.4 is 5.32 Å². The SMILES string of the molecule is CC1NCCN(C(=O)c2cc(C3CC3)[nH]n2)C1C.Cl. The molecule has 0 spiro atoms. The van der Waals surface area contributed by atoms with E-state index in [1.54, 1.807) is 0 Å². The van der Waals surface area contributed by atoms with Crippen LogP contribution in [0.1, 0.15) is 48.8 Å². The topological polar surface area (TPSA) is 61.0 Å². The minimum Gasteiger partial charge on any atom is -0.332 e. The molecule has 2 N–H and O–H groups in total. The predicted octanol–water partition coefficient (Wildman–Crippen LogP) is 1.53. The molecule has 6 heteroatoms. The lowest BCUT2D eigenvalue weighted by Crippen LogP contribution is -2.57. The molecule has 19 heavy (non-hydrogen) atoms. The van der Waals surface area contributed by atoms with Gasteiger partial charge in [-0.2, -0.15) is 5.10 Å². The van der Waals surface area contributed by atoms with E-state index >= 15 is 0 Å². The van der Waals surface area contributed by atoms with Gasteiger partial charge in [0.2, 0.25) is 0 Å². The number of halogens is 1. The predicted molar refractivity (Wildman–Crippen MR) is 75.8 cm³/mol.